The van der Waals surface area contributed by atoms with Gasteiger partial charge in [0.05, 0.1) is 36.8 Å². The van der Waals surface area contributed by atoms with Gasteiger partial charge in [0, 0.05) is 48.8 Å². The maximum atomic E-state index is 14.9. The van der Waals surface area contributed by atoms with Crippen LogP contribution in [-0.4, -0.2) is 105 Å². The zero-order chi connectivity index (χ0) is 37.1. The highest BCUT2D eigenvalue weighted by molar-refractivity contribution is 7.89. The third kappa shape index (κ3) is 9.02. The lowest BCUT2D eigenvalue weighted by molar-refractivity contribution is -0.170. The number of amides is 3. The molecule has 2 heterocycles. The molecule has 0 saturated carbocycles. The molecule has 274 valence electrons. The summed E-state index contributed by atoms with van der Waals surface area (Å²) in [7, 11) is -0.987. The van der Waals surface area contributed by atoms with Crippen LogP contribution in [0.4, 0.5) is 4.79 Å². The second kappa shape index (κ2) is 15.9. The second-order valence-corrected chi connectivity index (χ2v) is 15.9. The number of rotatable bonds is 10. The summed E-state index contributed by atoms with van der Waals surface area (Å²) in [6, 6.07) is 17.6. The molecule has 2 atom stereocenters. The lowest BCUT2D eigenvalue weighted by Gasteiger charge is -2.39. The van der Waals surface area contributed by atoms with Crippen molar-refractivity contribution in [2.75, 3.05) is 53.5 Å². The molecule has 2 aliphatic heterocycles. The van der Waals surface area contributed by atoms with Crippen LogP contribution in [-0.2, 0) is 19.7 Å². The van der Waals surface area contributed by atoms with E-state index in [0.29, 0.717) is 54.1 Å². The van der Waals surface area contributed by atoms with E-state index in [1.807, 2.05) is 36.1 Å². The summed E-state index contributed by atoms with van der Waals surface area (Å²) in [5.41, 5.74) is 1.18. The topological polar surface area (TPSA) is 124 Å². The van der Waals surface area contributed by atoms with Crippen molar-refractivity contribution in [3.05, 3.63) is 93.5 Å². The maximum absolute atomic E-state index is 14.9. The molecule has 3 amide bonds. The summed E-state index contributed by atoms with van der Waals surface area (Å²) in [6.45, 7) is 9.16. The number of carbonyl (C=O) groups excluding carboxylic acids is 2. The maximum Gasteiger partial charge on any atom is 0.326 e. The molecule has 0 aliphatic carbocycles. The van der Waals surface area contributed by atoms with Crippen LogP contribution in [0.25, 0.3) is 0 Å². The Morgan fingerprint density at radius 3 is 2.08 bits per heavy atom. The van der Waals surface area contributed by atoms with Crippen LogP contribution in [0.2, 0.25) is 10.0 Å². The van der Waals surface area contributed by atoms with Gasteiger partial charge in [0.2, 0.25) is 10.0 Å². The fourth-order valence-electron chi connectivity index (χ4n) is 6.09. The molecule has 0 unspecified atom stereocenters. The summed E-state index contributed by atoms with van der Waals surface area (Å²) in [5, 5.41) is 2.26. The number of sulfonamides is 1. The molecular weight excluding hydrogens is 715 g/mol. The SMILES string of the molecule is CCOc1ccc(S(=O)(=O)NC(C)(C)C)cc1C1=N[C@@H](c2ccc(Cl)cc2)[C@@H](c2ccc(Cl)cc2)N1C(=O)N1CCN(CC(=O)N(C)OC)CC1. The van der Waals surface area contributed by atoms with Gasteiger partial charge < -0.3 is 9.64 Å². The number of likely N-dealkylation sites (N-methyl/N-ethyl adjacent to an activating group) is 1. The molecule has 2 aliphatic rings. The summed E-state index contributed by atoms with van der Waals surface area (Å²) in [5.74, 6) is 0.440. The van der Waals surface area contributed by atoms with E-state index in [1.54, 1.807) is 68.0 Å². The molecule has 0 aromatic heterocycles. The molecule has 1 N–H and O–H groups in total. The van der Waals surface area contributed by atoms with Crippen molar-refractivity contribution in [3.8, 4) is 5.75 Å². The van der Waals surface area contributed by atoms with Crippen molar-refractivity contribution in [2.45, 2.75) is 50.2 Å². The molecule has 0 bridgehead atoms. The molecule has 1 fully saturated rings. The number of ether oxygens (including phenoxy) is 1. The Labute approximate surface area is 309 Å². The average Bonchev–Trinajstić information content (AvgIpc) is 3.48. The smallest absolute Gasteiger partial charge is 0.326 e. The van der Waals surface area contributed by atoms with Crippen LogP contribution in [0.5, 0.6) is 5.75 Å². The van der Waals surface area contributed by atoms with Crippen molar-refractivity contribution in [2.24, 2.45) is 4.99 Å². The number of nitrogens with one attached hydrogen (secondary N) is 1. The number of carbonyl (C=O) groups is 2. The van der Waals surface area contributed by atoms with E-state index in [1.165, 1.54) is 24.3 Å². The van der Waals surface area contributed by atoms with Gasteiger partial charge in [0.25, 0.3) is 5.91 Å². The summed E-state index contributed by atoms with van der Waals surface area (Å²) < 4.78 is 36.0. The van der Waals surface area contributed by atoms with Crippen molar-refractivity contribution < 1.29 is 27.6 Å². The van der Waals surface area contributed by atoms with Gasteiger partial charge in [0.15, 0.2) is 0 Å². The first-order valence-corrected chi connectivity index (χ1v) is 18.9. The van der Waals surface area contributed by atoms with E-state index in [2.05, 4.69) is 4.72 Å². The minimum atomic E-state index is -3.97. The van der Waals surface area contributed by atoms with E-state index >= 15 is 0 Å². The van der Waals surface area contributed by atoms with E-state index in [9.17, 15) is 18.0 Å². The van der Waals surface area contributed by atoms with Gasteiger partial charge in [-0.3, -0.25) is 24.4 Å². The molecule has 0 spiro atoms. The van der Waals surface area contributed by atoms with E-state index in [0.717, 1.165) is 11.1 Å². The quantitative estimate of drug-likeness (QED) is 0.261. The number of amidine groups is 1. The first kappa shape index (κ1) is 38.5. The molecular formula is C36H44Cl2N6O6S. The van der Waals surface area contributed by atoms with E-state index in [-0.39, 0.29) is 29.2 Å². The van der Waals surface area contributed by atoms with Crippen molar-refractivity contribution >= 4 is 51.0 Å². The lowest BCUT2D eigenvalue weighted by Crippen LogP contribution is -2.55. The fraction of sp³-hybridized carbons (Fsp3) is 0.417. The van der Waals surface area contributed by atoms with Gasteiger partial charge in [-0.25, -0.2) is 23.0 Å². The van der Waals surface area contributed by atoms with Crippen LogP contribution in [0, 0.1) is 0 Å². The van der Waals surface area contributed by atoms with Gasteiger partial charge in [0.1, 0.15) is 17.6 Å². The number of aliphatic imine (C=N–C) groups is 1. The molecule has 3 aromatic carbocycles. The van der Waals surface area contributed by atoms with Crippen molar-refractivity contribution in [3.63, 3.8) is 0 Å². The Morgan fingerprint density at radius 1 is 0.941 bits per heavy atom. The monoisotopic (exact) mass is 758 g/mol. The predicted octanol–water partition coefficient (Wildman–Crippen LogP) is 5.77. The normalized spacial score (nSPS) is 18.5. The third-order valence-corrected chi connectivity index (χ3v) is 10.8. The van der Waals surface area contributed by atoms with Gasteiger partial charge in [-0.05, 0) is 81.3 Å². The second-order valence-electron chi connectivity index (χ2n) is 13.4. The zero-order valence-electron chi connectivity index (χ0n) is 29.6. The largest absolute Gasteiger partial charge is 0.493 e. The molecule has 51 heavy (non-hydrogen) atoms. The number of hydroxylamine groups is 2. The highest BCUT2D eigenvalue weighted by Crippen LogP contribution is 2.46. The van der Waals surface area contributed by atoms with Crippen molar-refractivity contribution in [1.82, 2.24) is 24.5 Å². The number of halogens is 2. The molecule has 15 heteroatoms. The van der Waals surface area contributed by atoms with Crippen LogP contribution >= 0.6 is 23.2 Å². The number of hydrogen-bond donors (Lipinski definition) is 1. The van der Waals surface area contributed by atoms with Gasteiger partial charge in [-0.1, -0.05) is 47.5 Å². The first-order valence-electron chi connectivity index (χ1n) is 16.6. The van der Waals surface area contributed by atoms with E-state index < -0.39 is 27.6 Å². The number of piperazine rings is 1. The van der Waals surface area contributed by atoms with Crippen LogP contribution in [0.15, 0.2) is 76.6 Å². The highest BCUT2D eigenvalue weighted by Gasteiger charge is 2.45. The standard InChI is InChI=1S/C36H44Cl2N6O6S/c1-7-50-30-17-16-28(51(47,48)40-36(2,3)4)22-29(30)34-39-32(24-8-12-26(37)13-9-24)33(25-10-14-27(38)15-11-25)44(34)35(46)43-20-18-42(19-21-43)23-31(45)41(5)49-6/h8-17,22,32-33,40H,7,18-21,23H2,1-6H3/t32-,33+/m0/s1. The predicted molar refractivity (Wildman–Crippen MR) is 198 cm³/mol. The fourth-order valence-corrected chi connectivity index (χ4v) is 7.79. The highest BCUT2D eigenvalue weighted by atomic mass is 35.5. The number of benzene rings is 3. The van der Waals surface area contributed by atoms with Gasteiger partial charge >= 0.3 is 6.03 Å². The number of urea groups is 1. The van der Waals surface area contributed by atoms with Gasteiger partial charge in [-0.15, -0.1) is 0 Å². The molecule has 0 radical (unpaired) electrons. The number of hydrogen-bond acceptors (Lipinski definition) is 8. The molecule has 5 rings (SSSR count). The van der Waals surface area contributed by atoms with Gasteiger partial charge in [-0.2, -0.15) is 0 Å². The summed E-state index contributed by atoms with van der Waals surface area (Å²) in [6.07, 6.45) is 0. The Morgan fingerprint density at radius 2 is 1.53 bits per heavy atom. The minimum Gasteiger partial charge on any atom is -0.493 e. The third-order valence-electron chi connectivity index (χ3n) is 8.57. The van der Waals surface area contributed by atoms with Crippen LogP contribution < -0.4 is 9.46 Å². The van der Waals surface area contributed by atoms with Crippen LogP contribution in [0.3, 0.4) is 0 Å². The summed E-state index contributed by atoms with van der Waals surface area (Å²) in [4.78, 5) is 43.0. The Balaban J connectivity index is 1.63. The van der Waals surface area contributed by atoms with Crippen LogP contribution in [0.1, 0.15) is 56.5 Å². The zero-order valence-corrected chi connectivity index (χ0v) is 31.9. The Kier molecular flexibility index (Phi) is 12.0. The first-order chi connectivity index (χ1) is 24.1. The molecule has 12 nitrogen and oxygen atoms in total. The summed E-state index contributed by atoms with van der Waals surface area (Å²) >= 11 is 12.6. The average molecular weight is 760 g/mol. The van der Waals surface area contributed by atoms with E-state index in [4.69, 9.17) is 37.8 Å². The number of nitrogens with zero attached hydrogens (tertiary/aromatic N) is 5. The lowest BCUT2D eigenvalue weighted by atomic mass is 9.93. The van der Waals surface area contributed by atoms with Crippen molar-refractivity contribution in [1.29, 1.82) is 0 Å². The molecule has 3 aromatic rings. The minimum absolute atomic E-state index is 0.00303. The molecule has 1 saturated heterocycles. The Bertz CT molecular complexity index is 1860. The Hall–Kier alpha value is -3.72.